The highest BCUT2D eigenvalue weighted by atomic mass is 16.3. The zero-order valence-corrected chi connectivity index (χ0v) is 14.4. The third-order valence-corrected chi connectivity index (χ3v) is 5.65. The molecule has 2 aliphatic heterocycles. The van der Waals surface area contributed by atoms with Gasteiger partial charge in [-0.25, -0.2) is 0 Å². The molecular weight excluding hydrogens is 312 g/mol. The summed E-state index contributed by atoms with van der Waals surface area (Å²) in [4.78, 5) is 15.5. The van der Waals surface area contributed by atoms with Gasteiger partial charge >= 0.3 is 0 Å². The maximum Gasteiger partial charge on any atom is 0.241 e. The second-order valence-electron chi connectivity index (χ2n) is 7.20. The number of phenolic OH excluding ortho intramolecular Hbond substituents is 1. The third kappa shape index (κ3) is 3.02. The number of phenols is 1. The summed E-state index contributed by atoms with van der Waals surface area (Å²) in [7, 11) is 0. The van der Waals surface area contributed by atoms with Crippen LogP contribution in [0.2, 0.25) is 0 Å². The number of carbonyl (C=O) groups is 1. The molecule has 1 saturated heterocycles. The first kappa shape index (κ1) is 16.2. The molecule has 1 amide bonds. The van der Waals surface area contributed by atoms with Crippen LogP contribution >= 0.6 is 0 Å². The molecule has 1 spiro atoms. The van der Waals surface area contributed by atoms with Crippen molar-refractivity contribution in [3.63, 3.8) is 0 Å². The summed E-state index contributed by atoms with van der Waals surface area (Å²) in [5.41, 5.74) is 3.16. The van der Waals surface area contributed by atoms with Crippen molar-refractivity contribution in [3.8, 4) is 5.75 Å². The van der Waals surface area contributed by atoms with Gasteiger partial charge in [-0.05, 0) is 54.6 Å². The van der Waals surface area contributed by atoms with E-state index in [1.807, 2.05) is 18.2 Å². The van der Waals surface area contributed by atoms with Crippen molar-refractivity contribution in [1.82, 2.24) is 10.2 Å². The average molecular weight is 336 g/mol. The second kappa shape index (κ2) is 6.52. The van der Waals surface area contributed by atoms with E-state index in [0.29, 0.717) is 6.54 Å². The number of benzene rings is 2. The van der Waals surface area contributed by atoms with E-state index in [9.17, 15) is 9.90 Å². The van der Waals surface area contributed by atoms with E-state index in [-0.39, 0.29) is 11.7 Å². The van der Waals surface area contributed by atoms with Gasteiger partial charge in [0.05, 0.1) is 0 Å². The molecule has 1 fully saturated rings. The van der Waals surface area contributed by atoms with Gasteiger partial charge in [-0.15, -0.1) is 0 Å². The number of rotatable bonds is 2. The molecule has 0 saturated carbocycles. The highest BCUT2D eigenvalue weighted by molar-refractivity contribution is 5.87. The Morgan fingerprint density at radius 3 is 2.60 bits per heavy atom. The van der Waals surface area contributed by atoms with Crippen LogP contribution in [0, 0.1) is 0 Å². The molecule has 4 rings (SSSR count). The Morgan fingerprint density at radius 2 is 1.80 bits per heavy atom. The fraction of sp³-hybridized carbons (Fsp3) is 0.381. The van der Waals surface area contributed by atoms with Gasteiger partial charge in [-0.3, -0.25) is 9.69 Å². The summed E-state index contributed by atoms with van der Waals surface area (Å²) in [5.74, 6) is 0.431. The summed E-state index contributed by atoms with van der Waals surface area (Å²) in [5, 5.41) is 12.7. The third-order valence-electron chi connectivity index (χ3n) is 5.65. The number of piperidine rings is 1. The zero-order valence-electron chi connectivity index (χ0n) is 14.4. The minimum absolute atomic E-state index is 0.155. The molecular formula is C21H24N2O2. The largest absolute Gasteiger partial charge is 0.508 e. The van der Waals surface area contributed by atoms with Gasteiger partial charge in [0.15, 0.2) is 0 Å². The van der Waals surface area contributed by atoms with E-state index in [2.05, 4.69) is 28.4 Å². The topological polar surface area (TPSA) is 52.6 Å². The minimum Gasteiger partial charge on any atom is -0.508 e. The van der Waals surface area contributed by atoms with Crippen molar-refractivity contribution in [2.45, 2.75) is 44.3 Å². The number of hydrogen-bond donors (Lipinski definition) is 2. The normalized spacial score (nSPS) is 23.8. The Kier molecular flexibility index (Phi) is 4.22. The molecule has 2 heterocycles. The number of aromatic hydroxyl groups is 1. The number of hydrogen-bond acceptors (Lipinski definition) is 3. The molecule has 25 heavy (non-hydrogen) atoms. The van der Waals surface area contributed by atoms with Crippen LogP contribution in [0.4, 0.5) is 0 Å². The first-order valence-corrected chi connectivity index (χ1v) is 9.05. The Hall–Kier alpha value is -2.33. The maximum atomic E-state index is 13.1. The smallest absolute Gasteiger partial charge is 0.241 e. The van der Waals surface area contributed by atoms with E-state index in [1.54, 1.807) is 12.1 Å². The van der Waals surface area contributed by atoms with Gasteiger partial charge < -0.3 is 10.4 Å². The van der Waals surface area contributed by atoms with Crippen LogP contribution < -0.4 is 5.32 Å². The number of nitrogens with one attached hydrogen (secondary N) is 1. The minimum atomic E-state index is -0.470. The Balaban J connectivity index is 1.68. The van der Waals surface area contributed by atoms with Crippen molar-refractivity contribution in [2.75, 3.05) is 6.54 Å². The van der Waals surface area contributed by atoms with Crippen LogP contribution in [-0.2, 0) is 24.3 Å². The lowest BCUT2D eigenvalue weighted by atomic mass is 9.80. The van der Waals surface area contributed by atoms with E-state index < -0.39 is 5.54 Å². The van der Waals surface area contributed by atoms with Gasteiger partial charge in [0.25, 0.3) is 0 Å². The van der Waals surface area contributed by atoms with Crippen LogP contribution in [0.3, 0.4) is 0 Å². The summed E-state index contributed by atoms with van der Waals surface area (Å²) in [6, 6.07) is 15.7. The SMILES string of the molecule is O=C1NCc2ccccc2CC12CCCCN2Cc1ccc(O)cc1. The molecule has 1 atom stereocenters. The van der Waals surface area contributed by atoms with E-state index in [0.717, 1.165) is 44.3 Å². The molecule has 2 N–H and O–H groups in total. The van der Waals surface area contributed by atoms with Gasteiger partial charge in [0.1, 0.15) is 11.3 Å². The monoisotopic (exact) mass is 336 g/mol. The van der Waals surface area contributed by atoms with Crippen LogP contribution in [0.1, 0.15) is 36.0 Å². The number of carbonyl (C=O) groups excluding carboxylic acids is 1. The number of amides is 1. The lowest BCUT2D eigenvalue weighted by Gasteiger charge is -2.45. The van der Waals surface area contributed by atoms with Crippen molar-refractivity contribution < 1.29 is 9.90 Å². The molecule has 4 nitrogen and oxygen atoms in total. The van der Waals surface area contributed by atoms with Crippen molar-refractivity contribution in [3.05, 3.63) is 65.2 Å². The summed E-state index contributed by atoms with van der Waals surface area (Å²) in [6.07, 6.45) is 3.87. The molecule has 0 bridgehead atoms. The van der Waals surface area contributed by atoms with Crippen molar-refractivity contribution >= 4 is 5.91 Å². The zero-order chi connectivity index (χ0) is 17.3. The van der Waals surface area contributed by atoms with Crippen LogP contribution in [0.5, 0.6) is 5.75 Å². The van der Waals surface area contributed by atoms with E-state index >= 15 is 0 Å². The molecule has 0 radical (unpaired) electrons. The predicted octanol–water partition coefficient (Wildman–Crippen LogP) is 2.99. The lowest BCUT2D eigenvalue weighted by Crippen LogP contribution is -2.60. The number of likely N-dealkylation sites (tertiary alicyclic amines) is 1. The first-order valence-electron chi connectivity index (χ1n) is 9.05. The standard InChI is InChI=1S/C21H24N2O2/c24-19-9-7-16(8-10-19)15-23-12-4-3-11-21(23)13-17-5-1-2-6-18(17)14-22-20(21)25/h1-2,5-10,24H,3-4,11-15H2,(H,22,25). The summed E-state index contributed by atoms with van der Waals surface area (Å²) >= 11 is 0. The first-order chi connectivity index (χ1) is 12.2. The molecule has 1 unspecified atom stereocenters. The molecule has 0 aromatic heterocycles. The quantitative estimate of drug-likeness (QED) is 0.886. The van der Waals surface area contributed by atoms with Crippen molar-refractivity contribution in [2.24, 2.45) is 0 Å². The Morgan fingerprint density at radius 1 is 1.04 bits per heavy atom. The number of nitrogens with zero attached hydrogens (tertiary/aromatic N) is 1. The fourth-order valence-electron chi connectivity index (χ4n) is 4.24. The van der Waals surface area contributed by atoms with Crippen LogP contribution in [0.25, 0.3) is 0 Å². The Labute approximate surface area is 148 Å². The maximum absolute atomic E-state index is 13.1. The lowest BCUT2D eigenvalue weighted by molar-refractivity contribution is -0.136. The van der Waals surface area contributed by atoms with Crippen molar-refractivity contribution in [1.29, 1.82) is 0 Å². The fourth-order valence-corrected chi connectivity index (χ4v) is 4.24. The molecule has 2 aromatic rings. The molecule has 2 aromatic carbocycles. The summed E-state index contributed by atoms with van der Waals surface area (Å²) < 4.78 is 0. The van der Waals surface area contributed by atoms with Crippen LogP contribution in [-0.4, -0.2) is 28.0 Å². The Bertz CT molecular complexity index is 772. The highest BCUT2D eigenvalue weighted by Crippen LogP contribution is 2.36. The summed E-state index contributed by atoms with van der Waals surface area (Å²) in [6.45, 7) is 2.27. The highest BCUT2D eigenvalue weighted by Gasteiger charge is 2.46. The van der Waals surface area contributed by atoms with Crippen LogP contribution in [0.15, 0.2) is 48.5 Å². The van der Waals surface area contributed by atoms with Gasteiger partial charge in [0.2, 0.25) is 5.91 Å². The van der Waals surface area contributed by atoms with Gasteiger partial charge in [0, 0.05) is 19.5 Å². The molecule has 2 aliphatic rings. The van der Waals surface area contributed by atoms with Gasteiger partial charge in [-0.2, -0.15) is 0 Å². The molecule has 4 heteroatoms. The molecule has 0 aliphatic carbocycles. The van der Waals surface area contributed by atoms with E-state index in [1.165, 1.54) is 11.1 Å². The number of fused-ring (bicyclic) bond motifs is 1. The predicted molar refractivity (Wildman–Crippen MR) is 97.1 cm³/mol. The average Bonchev–Trinajstić information content (AvgIpc) is 2.77. The van der Waals surface area contributed by atoms with E-state index in [4.69, 9.17) is 0 Å². The molecule has 130 valence electrons. The second-order valence-corrected chi connectivity index (χ2v) is 7.20. The van der Waals surface area contributed by atoms with Gasteiger partial charge in [-0.1, -0.05) is 36.4 Å².